The van der Waals surface area contributed by atoms with Crippen LogP contribution in [0.15, 0.2) is 66.3 Å². The monoisotopic (exact) mass is 352 g/mol. The number of carbonyl (C=O) groups excluding carboxylic acids is 1. The lowest BCUT2D eigenvalue weighted by Gasteiger charge is -2.15. The molecule has 6 heteroatoms. The van der Waals surface area contributed by atoms with E-state index in [0.29, 0.717) is 5.75 Å². The summed E-state index contributed by atoms with van der Waals surface area (Å²) in [4.78, 5) is 20.4. The molecule has 5 nitrogen and oxygen atoms in total. The summed E-state index contributed by atoms with van der Waals surface area (Å²) in [5.41, 5.74) is 3.34. The van der Waals surface area contributed by atoms with Gasteiger partial charge in [-0.1, -0.05) is 36.0 Å². The molecule has 128 valence electrons. The van der Waals surface area contributed by atoms with Crippen molar-refractivity contribution in [1.82, 2.24) is 19.9 Å². The number of rotatable bonds is 6. The number of hydrogen-bond acceptors (Lipinski definition) is 4. The number of amides is 1. The van der Waals surface area contributed by atoms with Crippen LogP contribution in [0.2, 0.25) is 0 Å². The number of nitrogens with zero attached hydrogens (tertiary/aromatic N) is 3. The first-order valence-electron chi connectivity index (χ1n) is 8.03. The highest BCUT2D eigenvalue weighted by molar-refractivity contribution is 7.99. The second-order valence-corrected chi connectivity index (χ2v) is 6.70. The molecule has 3 aromatic rings. The molecule has 1 aromatic carbocycles. The first-order valence-corrected chi connectivity index (χ1v) is 9.02. The van der Waals surface area contributed by atoms with Gasteiger partial charge in [0.15, 0.2) is 5.16 Å². The molecule has 1 amide bonds. The second kappa shape index (κ2) is 7.98. The van der Waals surface area contributed by atoms with Crippen LogP contribution in [-0.4, -0.2) is 26.2 Å². The number of benzene rings is 1. The number of aryl methyl sites for hydroxylation is 1. The SMILES string of the molecule is C[C@H](NC(=O)CSc1nccn1C)c1ccc(-c2ccncc2)cc1. The third kappa shape index (κ3) is 4.48. The molecule has 0 spiro atoms. The molecule has 0 aliphatic heterocycles. The topological polar surface area (TPSA) is 59.8 Å². The van der Waals surface area contributed by atoms with E-state index in [0.717, 1.165) is 21.8 Å². The quantitative estimate of drug-likeness (QED) is 0.690. The smallest absolute Gasteiger partial charge is 0.230 e. The lowest BCUT2D eigenvalue weighted by atomic mass is 10.0. The van der Waals surface area contributed by atoms with Gasteiger partial charge in [-0.05, 0) is 35.7 Å². The Bertz CT molecular complexity index is 830. The van der Waals surface area contributed by atoms with Crippen LogP contribution in [0.1, 0.15) is 18.5 Å². The molecule has 0 fully saturated rings. The van der Waals surface area contributed by atoms with Gasteiger partial charge in [-0.25, -0.2) is 4.98 Å². The van der Waals surface area contributed by atoms with Crippen LogP contribution in [-0.2, 0) is 11.8 Å². The average Bonchev–Trinajstić information content (AvgIpc) is 3.06. The lowest BCUT2D eigenvalue weighted by Crippen LogP contribution is -2.28. The minimum atomic E-state index is -0.0408. The largest absolute Gasteiger partial charge is 0.349 e. The summed E-state index contributed by atoms with van der Waals surface area (Å²) in [5, 5.41) is 3.87. The zero-order valence-corrected chi connectivity index (χ0v) is 15.0. The van der Waals surface area contributed by atoms with Gasteiger partial charge in [-0.2, -0.15) is 0 Å². The van der Waals surface area contributed by atoms with Crippen LogP contribution in [0.25, 0.3) is 11.1 Å². The summed E-state index contributed by atoms with van der Waals surface area (Å²) in [6.45, 7) is 1.99. The van der Waals surface area contributed by atoms with Crippen molar-refractivity contribution in [2.24, 2.45) is 7.05 Å². The maximum atomic E-state index is 12.1. The fourth-order valence-corrected chi connectivity index (χ4v) is 3.24. The number of hydrogen-bond donors (Lipinski definition) is 1. The van der Waals surface area contributed by atoms with E-state index in [1.165, 1.54) is 11.8 Å². The van der Waals surface area contributed by atoms with Crippen molar-refractivity contribution >= 4 is 17.7 Å². The van der Waals surface area contributed by atoms with Crippen LogP contribution < -0.4 is 5.32 Å². The van der Waals surface area contributed by atoms with Crippen molar-refractivity contribution in [1.29, 1.82) is 0 Å². The van der Waals surface area contributed by atoms with Crippen LogP contribution in [0.4, 0.5) is 0 Å². The first-order chi connectivity index (χ1) is 12.1. The Morgan fingerprint density at radius 3 is 2.44 bits per heavy atom. The summed E-state index contributed by atoms with van der Waals surface area (Å²) in [7, 11) is 1.92. The molecule has 0 aliphatic rings. The summed E-state index contributed by atoms with van der Waals surface area (Å²) in [5.74, 6) is 0.350. The molecule has 0 aliphatic carbocycles. The second-order valence-electron chi connectivity index (χ2n) is 5.76. The Hall–Kier alpha value is -2.60. The van der Waals surface area contributed by atoms with Crippen molar-refractivity contribution in [2.45, 2.75) is 18.1 Å². The van der Waals surface area contributed by atoms with Gasteiger partial charge in [-0.3, -0.25) is 9.78 Å². The molecular weight excluding hydrogens is 332 g/mol. The van der Waals surface area contributed by atoms with Crippen molar-refractivity contribution in [3.63, 3.8) is 0 Å². The van der Waals surface area contributed by atoms with Crippen molar-refractivity contribution in [2.75, 3.05) is 5.75 Å². The standard InChI is InChI=1S/C19H20N4OS/c1-14(22-18(24)13-25-19-21-11-12-23(19)2)15-3-5-16(6-4-15)17-7-9-20-10-8-17/h3-12,14H,13H2,1-2H3,(H,22,24)/t14-/m0/s1. The molecule has 2 heterocycles. The number of thioether (sulfide) groups is 1. The number of carbonyl (C=O) groups is 1. The molecule has 25 heavy (non-hydrogen) atoms. The van der Waals surface area contributed by atoms with E-state index in [9.17, 15) is 4.79 Å². The van der Waals surface area contributed by atoms with Crippen LogP contribution >= 0.6 is 11.8 Å². The highest BCUT2D eigenvalue weighted by Crippen LogP contribution is 2.21. The van der Waals surface area contributed by atoms with E-state index in [-0.39, 0.29) is 11.9 Å². The highest BCUT2D eigenvalue weighted by atomic mass is 32.2. The molecule has 0 unspecified atom stereocenters. The summed E-state index contributed by atoms with van der Waals surface area (Å²) in [6, 6.07) is 12.1. The maximum Gasteiger partial charge on any atom is 0.230 e. The van der Waals surface area contributed by atoms with Crippen LogP contribution in [0, 0.1) is 0 Å². The van der Waals surface area contributed by atoms with Gasteiger partial charge in [0.25, 0.3) is 0 Å². The molecule has 0 saturated heterocycles. The molecular formula is C19H20N4OS. The minimum absolute atomic E-state index is 0.00119. The van der Waals surface area contributed by atoms with Gasteiger partial charge < -0.3 is 9.88 Å². The molecule has 0 bridgehead atoms. The third-order valence-electron chi connectivity index (χ3n) is 3.91. The Labute approximate surface area is 151 Å². The van der Waals surface area contributed by atoms with Crippen LogP contribution in [0.3, 0.4) is 0 Å². The summed E-state index contributed by atoms with van der Waals surface area (Å²) >= 11 is 1.43. The van der Waals surface area contributed by atoms with E-state index in [1.54, 1.807) is 18.6 Å². The zero-order chi connectivity index (χ0) is 17.6. The van der Waals surface area contributed by atoms with Crippen LogP contribution in [0.5, 0.6) is 0 Å². The molecule has 2 aromatic heterocycles. The Morgan fingerprint density at radius 2 is 1.80 bits per heavy atom. The number of nitrogens with one attached hydrogen (secondary N) is 1. The fourth-order valence-electron chi connectivity index (χ4n) is 2.50. The van der Waals surface area contributed by atoms with E-state index in [4.69, 9.17) is 0 Å². The summed E-state index contributed by atoms with van der Waals surface area (Å²) in [6.07, 6.45) is 7.16. The highest BCUT2D eigenvalue weighted by Gasteiger charge is 2.11. The molecule has 1 atom stereocenters. The van der Waals surface area contributed by atoms with Crippen molar-refractivity contribution in [3.8, 4) is 11.1 Å². The predicted octanol–water partition coefficient (Wildman–Crippen LogP) is 3.45. The number of imidazole rings is 1. The van der Waals surface area contributed by atoms with E-state index in [2.05, 4.69) is 27.4 Å². The Kier molecular flexibility index (Phi) is 5.50. The average molecular weight is 352 g/mol. The molecule has 1 N–H and O–H groups in total. The molecule has 3 rings (SSSR count). The Balaban J connectivity index is 1.56. The van der Waals surface area contributed by atoms with Gasteiger partial charge in [0.2, 0.25) is 5.91 Å². The zero-order valence-electron chi connectivity index (χ0n) is 14.2. The lowest BCUT2D eigenvalue weighted by molar-refractivity contribution is -0.119. The minimum Gasteiger partial charge on any atom is -0.349 e. The molecule has 0 saturated carbocycles. The van der Waals surface area contributed by atoms with E-state index in [1.807, 2.05) is 49.0 Å². The van der Waals surface area contributed by atoms with Gasteiger partial charge >= 0.3 is 0 Å². The van der Waals surface area contributed by atoms with Crippen molar-refractivity contribution < 1.29 is 4.79 Å². The summed E-state index contributed by atoms with van der Waals surface area (Å²) < 4.78 is 1.90. The maximum absolute atomic E-state index is 12.1. The number of pyridine rings is 1. The fraction of sp³-hybridized carbons (Fsp3) is 0.211. The normalized spacial score (nSPS) is 11.9. The van der Waals surface area contributed by atoms with Crippen molar-refractivity contribution in [3.05, 3.63) is 66.7 Å². The third-order valence-corrected chi connectivity index (χ3v) is 4.97. The van der Waals surface area contributed by atoms with Gasteiger partial charge in [0, 0.05) is 31.8 Å². The van der Waals surface area contributed by atoms with Gasteiger partial charge in [-0.15, -0.1) is 0 Å². The van der Waals surface area contributed by atoms with E-state index >= 15 is 0 Å². The van der Waals surface area contributed by atoms with E-state index < -0.39 is 0 Å². The Morgan fingerprint density at radius 1 is 1.12 bits per heavy atom. The van der Waals surface area contributed by atoms with Gasteiger partial charge in [0.05, 0.1) is 11.8 Å². The van der Waals surface area contributed by atoms with Gasteiger partial charge in [0.1, 0.15) is 0 Å². The first kappa shape index (κ1) is 17.2. The predicted molar refractivity (Wildman–Crippen MR) is 100 cm³/mol. The number of aromatic nitrogens is 3. The molecule has 0 radical (unpaired) electrons.